The highest BCUT2D eigenvalue weighted by Crippen LogP contribution is 2.57. The summed E-state index contributed by atoms with van der Waals surface area (Å²) < 4.78 is 29.0. The van der Waals surface area contributed by atoms with Crippen LogP contribution in [0.3, 0.4) is 0 Å². The first-order chi connectivity index (χ1) is 12.0. The molecule has 2 saturated carbocycles. The largest absolute Gasteiger partial charge is 0.394 e. The molecule has 0 aliphatic heterocycles. The number of aliphatic hydroxyl groups excluding tert-OH is 1. The third-order valence-corrected chi connectivity index (χ3v) is 5.65. The van der Waals surface area contributed by atoms with Crippen molar-refractivity contribution in [1.29, 1.82) is 0 Å². The Morgan fingerprint density at radius 1 is 1.40 bits per heavy atom. The number of hydrogen-bond donors (Lipinski definition) is 2. The fourth-order valence-corrected chi connectivity index (χ4v) is 3.91. The smallest absolute Gasteiger partial charge is 0.272 e. The van der Waals surface area contributed by atoms with Crippen LogP contribution >= 0.6 is 0 Å². The first-order valence-corrected chi connectivity index (χ1v) is 8.52. The van der Waals surface area contributed by atoms with Crippen LogP contribution < -0.4 is 5.32 Å². The lowest BCUT2D eigenvalue weighted by molar-refractivity contribution is 0.0900. The minimum Gasteiger partial charge on any atom is -0.394 e. The summed E-state index contributed by atoms with van der Waals surface area (Å²) >= 11 is 0. The number of aromatic nitrogens is 2. The summed E-state index contributed by atoms with van der Waals surface area (Å²) in [6.45, 7) is -0.0977. The molecule has 7 heteroatoms. The molecule has 1 aromatic carbocycles. The fourth-order valence-electron chi connectivity index (χ4n) is 3.91. The number of carbonyl (C=O) groups is 1. The second kappa shape index (κ2) is 4.88. The van der Waals surface area contributed by atoms with Crippen molar-refractivity contribution in [2.24, 2.45) is 5.92 Å². The monoisotopic (exact) mass is 345 g/mol. The number of amides is 1. The van der Waals surface area contributed by atoms with E-state index >= 15 is 0 Å². The van der Waals surface area contributed by atoms with Gasteiger partial charge in [0.2, 0.25) is 0 Å². The molecule has 3 aliphatic rings. The number of fused-ring (bicyclic) bond motifs is 3. The zero-order valence-electron chi connectivity index (χ0n) is 13.4. The third kappa shape index (κ3) is 2.22. The molecule has 5 rings (SSSR count). The van der Waals surface area contributed by atoms with Gasteiger partial charge in [-0.2, -0.15) is 5.10 Å². The van der Waals surface area contributed by atoms with Gasteiger partial charge in [-0.15, -0.1) is 0 Å². The van der Waals surface area contributed by atoms with Crippen LogP contribution in [-0.2, 0) is 6.42 Å². The summed E-state index contributed by atoms with van der Waals surface area (Å²) in [5.41, 5.74) is 1.65. The predicted octanol–water partition coefficient (Wildman–Crippen LogP) is 2.06. The highest BCUT2D eigenvalue weighted by atomic mass is 19.1. The topological polar surface area (TPSA) is 67.2 Å². The Kier molecular flexibility index (Phi) is 2.93. The molecule has 0 radical (unpaired) electrons. The van der Waals surface area contributed by atoms with Crippen molar-refractivity contribution in [1.82, 2.24) is 15.1 Å². The zero-order chi connectivity index (χ0) is 17.3. The van der Waals surface area contributed by atoms with Crippen LogP contribution in [0.2, 0.25) is 0 Å². The van der Waals surface area contributed by atoms with E-state index < -0.39 is 17.2 Å². The van der Waals surface area contributed by atoms with E-state index in [9.17, 15) is 18.7 Å². The number of nitrogens with zero attached hydrogens (tertiary/aromatic N) is 2. The third-order valence-electron chi connectivity index (χ3n) is 5.65. The molecule has 130 valence electrons. The van der Waals surface area contributed by atoms with Crippen molar-refractivity contribution >= 4 is 5.91 Å². The minimum atomic E-state index is -0.699. The Morgan fingerprint density at radius 2 is 2.20 bits per heavy atom. The van der Waals surface area contributed by atoms with Crippen LogP contribution in [0.5, 0.6) is 0 Å². The van der Waals surface area contributed by atoms with E-state index in [1.54, 1.807) is 0 Å². The van der Waals surface area contributed by atoms with Gasteiger partial charge in [-0.25, -0.2) is 13.5 Å². The van der Waals surface area contributed by atoms with Gasteiger partial charge in [0.25, 0.3) is 5.91 Å². The molecule has 0 spiro atoms. The molecule has 2 N–H and O–H groups in total. The van der Waals surface area contributed by atoms with Crippen molar-refractivity contribution in [3.8, 4) is 5.69 Å². The van der Waals surface area contributed by atoms with Crippen LogP contribution in [0.15, 0.2) is 18.2 Å². The quantitative estimate of drug-likeness (QED) is 0.891. The van der Waals surface area contributed by atoms with Crippen LogP contribution in [0.4, 0.5) is 8.78 Å². The van der Waals surface area contributed by atoms with Crippen molar-refractivity contribution in [3.05, 3.63) is 46.8 Å². The van der Waals surface area contributed by atoms with Gasteiger partial charge in [0.1, 0.15) is 11.5 Å². The Hall–Kier alpha value is -2.28. The number of hydrogen-bond acceptors (Lipinski definition) is 3. The molecule has 1 amide bonds. The SMILES string of the molecule is O=C(NC1(CO)CC1)c1nn(-c2ccc(F)cc2F)c2c1C[C@@H]1C[C@H]21. The highest BCUT2D eigenvalue weighted by molar-refractivity contribution is 5.95. The first-order valence-electron chi connectivity index (χ1n) is 8.52. The Morgan fingerprint density at radius 3 is 2.88 bits per heavy atom. The predicted molar refractivity (Wildman–Crippen MR) is 84.5 cm³/mol. The molecule has 3 aliphatic carbocycles. The normalized spacial score (nSPS) is 24.6. The average molecular weight is 345 g/mol. The van der Waals surface area contributed by atoms with E-state index in [4.69, 9.17) is 0 Å². The second-order valence-corrected chi connectivity index (χ2v) is 7.42. The fraction of sp³-hybridized carbons (Fsp3) is 0.444. The molecular weight excluding hydrogens is 328 g/mol. The van der Waals surface area contributed by atoms with Crippen LogP contribution in [0, 0.1) is 17.6 Å². The average Bonchev–Trinajstić information content (AvgIpc) is 3.45. The molecule has 1 heterocycles. The van der Waals surface area contributed by atoms with Gasteiger partial charge in [0.05, 0.1) is 17.8 Å². The van der Waals surface area contributed by atoms with Crippen molar-refractivity contribution in [3.63, 3.8) is 0 Å². The summed E-state index contributed by atoms with van der Waals surface area (Å²) in [4.78, 5) is 12.7. The molecule has 2 fully saturated rings. The van der Waals surface area contributed by atoms with Crippen molar-refractivity contribution in [2.75, 3.05) is 6.61 Å². The maximum atomic E-state index is 14.3. The molecule has 0 unspecified atom stereocenters. The Balaban J connectivity index is 1.58. The minimum absolute atomic E-state index is 0.0977. The lowest BCUT2D eigenvalue weighted by Gasteiger charge is -2.13. The zero-order valence-corrected chi connectivity index (χ0v) is 13.4. The standard InChI is InChI=1S/C18H17F2N3O2/c19-10-1-2-14(13(20)7-10)23-16-11-5-9(11)6-12(16)15(22-23)17(25)21-18(8-24)3-4-18/h1-2,7,9,11,24H,3-6,8H2,(H,21,25)/t9-,11-/m0/s1. The van der Waals surface area contributed by atoms with Crippen molar-refractivity contribution < 1.29 is 18.7 Å². The van der Waals surface area contributed by atoms with Crippen LogP contribution in [-0.4, -0.2) is 32.9 Å². The Bertz CT molecular complexity index is 904. The van der Waals surface area contributed by atoms with Crippen LogP contribution in [0.25, 0.3) is 5.69 Å². The van der Waals surface area contributed by atoms with Gasteiger partial charge in [0.15, 0.2) is 11.5 Å². The number of carbonyl (C=O) groups excluding carboxylic acids is 1. The van der Waals surface area contributed by atoms with Gasteiger partial charge in [-0.3, -0.25) is 4.79 Å². The summed E-state index contributed by atoms with van der Waals surface area (Å²) in [6, 6.07) is 3.37. The molecule has 1 aromatic heterocycles. The Labute approximate surface area is 142 Å². The lowest BCUT2D eigenvalue weighted by atomic mass is 10.1. The highest BCUT2D eigenvalue weighted by Gasteiger charge is 2.51. The van der Waals surface area contributed by atoms with Crippen LogP contribution in [0.1, 0.15) is 46.9 Å². The molecule has 5 nitrogen and oxygen atoms in total. The van der Waals surface area contributed by atoms with E-state index in [1.807, 2.05) is 0 Å². The summed E-state index contributed by atoms with van der Waals surface area (Å²) in [6.07, 6.45) is 3.27. The van der Waals surface area contributed by atoms with Gasteiger partial charge >= 0.3 is 0 Å². The van der Waals surface area contributed by atoms with Gasteiger partial charge in [-0.1, -0.05) is 0 Å². The molecular formula is C18H17F2N3O2. The van der Waals surface area contributed by atoms with E-state index in [0.717, 1.165) is 43.0 Å². The number of benzene rings is 1. The number of nitrogens with one attached hydrogen (secondary N) is 1. The maximum Gasteiger partial charge on any atom is 0.272 e. The van der Waals surface area contributed by atoms with Gasteiger partial charge < -0.3 is 10.4 Å². The first kappa shape index (κ1) is 15.0. The molecule has 2 atom stereocenters. The van der Waals surface area contributed by atoms with Crippen molar-refractivity contribution in [2.45, 2.75) is 37.1 Å². The number of halogens is 2. The molecule has 2 aromatic rings. The second-order valence-electron chi connectivity index (χ2n) is 7.42. The van der Waals surface area contributed by atoms with E-state index in [1.165, 1.54) is 16.8 Å². The lowest BCUT2D eigenvalue weighted by Crippen LogP contribution is -2.40. The molecule has 0 bridgehead atoms. The summed E-state index contributed by atoms with van der Waals surface area (Å²) in [5.74, 6) is -0.894. The van der Waals surface area contributed by atoms with Gasteiger partial charge in [0, 0.05) is 17.5 Å². The van der Waals surface area contributed by atoms with E-state index in [-0.39, 0.29) is 18.2 Å². The van der Waals surface area contributed by atoms with E-state index in [0.29, 0.717) is 17.5 Å². The summed E-state index contributed by atoms with van der Waals surface area (Å²) in [7, 11) is 0. The number of rotatable bonds is 4. The molecule has 0 saturated heterocycles. The van der Waals surface area contributed by atoms with Gasteiger partial charge in [-0.05, 0) is 43.7 Å². The maximum absolute atomic E-state index is 14.3. The summed E-state index contributed by atoms with van der Waals surface area (Å²) in [5, 5.41) is 16.7. The molecule has 25 heavy (non-hydrogen) atoms. The van der Waals surface area contributed by atoms with E-state index in [2.05, 4.69) is 10.4 Å². The number of aliphatic hydroxyl groups is 1.